The van der Waals surface area contributed by atoms with Crippen LogP contribution in [0.2, 0.25) is 0 Å². The molecule has 6 heteroatoms. The van der Waals surface area contributed by atoms with E-state index >= 15 is 0 Å². The van der Waals surface area contributed by atoms with Crippen LogP contribution >= 0.6 is 0 Å². The minimum Gasteiger partial charge on any atom is -0.392 e. The fourth-order valence-electron chi connectivity index (χ4n) is 0.447. The molecule has 0 saturated heterocycles. The Morgan fingerprint density at radius 2 is 2.60 bits per heavy atom. The van der Waals surface area contributed by atoms with Gasteiger partial charge in [-0.2, -0.15) is 0 Å². The Bertz CT molecular complexity index is 184. The van der Waals surface area contributed by atoms with Crippen LogP contribution in [0, 0.1) is 0 Å². The van der Waals surface area contributed by atoms with Gasteiger partial charge < -0.3 is 10.8 Å². The highest BCUT2D eigenvalue weighted by molar-refractivity contribution is 5.80. The molecule has 0 rings (SSSR count). The van der Waals surface area contributed by atoms with Crippen LogP contribution < -0.4 is 5.73 Å². The van der Waals surface area contributed by atoms with Crippen LogP contribution in [0.5, 0.6) is 0 Å². The summed E-state index contributed by atoms with van der Waals surface area (Å²) in [5, 5.41) is 11.7. The average Bonchev–Trinajstić information content (AvgIpc) is 2.19. The van der Waals surface area contributed by atoms with Crippen molar-refractivity contribution in [2.24, 2.45) is 10.8 Å². The molecule has 0 aliphatic rings. The van der Waals surface area contributed by atoms with Crippen molar-refractivity contribution in [1.29, 1.82) is 0 Å². The lowest BCUT2D eigenvalue weighted by Gasteiger charge is -2.07. The first-order valence-electron chi connectivity index (χ1n) is 4.61. The molecule has 0 saturated carbocycles. The molecule has 0 unspecified atom stereocenters. The fraction of sp³-hybridized carbons (Fsp3) is 0.750. The van der Waals surface area contributed by atoms with Crippen molar-refractivity contribution in [3.8, 4) is 0 Å². The molecule has 3 N–H and O–H groups in total. The number of nitrogens with zero attached hydrogens (tertiary/aromatic N) is 3. The quantitative estimate of drug-likeness (QED) is 0.346. The highest BCUT2D eigenvalue weighted by atomic mass is 16.3. The largest absolute Gasteiger partial charge is 0.392 e. The lowest BCUT2D eigenvalue weighted by molar-refractivity contribution is -0.121. The number of azide groups is 1. The van der Waals surface area contributed by atoms with Crippen molar-refractivity contribution < 1.29 is 17.3 Å². The van der Waals surface area contributed by atoms with Crippen LogP contribution in [0.3, 0.4) is 0 Å². The van der Waals surface area contributed by atoms with Gasteiger partial charge in [0.25, 0.3) is 0 Å². The van der Waals surface area contributed by atoms with Gasteiger partial charge in [-0.15, -0.1) is 0 Å². The number of aliphatic hydroxyl groups excluding tert-OH is 1. The number of amides is 1. The number of nitrogens with two attached hydrogens (primary N) is 1. The molecule has 0 aromatic heterocycles. The van der Waals surface area contributed by atoms with Crippen molar-refractivity contribution in [3.63, 3.8) is 0 Å². The number of primary amides is 1. The lowest BCUT2D eigenvalue weighted by Crippen LogP contribution is -2.35. The SMILES string of the molecule is C[C@@H](O)[C@@H](N=[N+]=[N-])C(N)=O.[2HH].[2H][2H].[2H][2H]. The highest BCUT2D eigenvalue weighted by Crippen LogP contribution is 1.96. The van der Waals surface area contributed by atoms with Gasteiger partial charge in [0, 0.05) is 12.3 Å². The van der Waals surface area contributed by atoms with E-state index in [0.29, 0.717) is 0 Å². The standard InChI is InChI=1S/C4H8N4O2.3H2/c1-2(9)3(4(5)10)7-8-6;;;/h2-3,9H,1H3,(H2,5,10);3*1H/t2-,3-;;;/m1.../s1/i;2*1+1D;1+1. The second-order valence-electron chi connectivity index (χ2n) is 1.79. The Labute approximate surface area is 64.9 Å². The second kappa shape index (κ2) is 3.71. The molecule has 0 heterocycles. The summed E-state index contributed by atoms with van der Waals surface area (Å²) in [5.41, 5.74) is 12.6. The van der Waals surface area contributed by atoms with E-state index in [0.717, 1.165) is 0 Å². The Morgan fingerprint density at radius 3 is 2.70 bits per heavy atom. The number of carbonyl (C=O) groups is 1. The van der Waals surface area contributed by atoms with Crippen molar-refractivity contribution in [3.05, 3.63) is 10.4 Å². The maximum atomic E-state index is 10.3. The molecule has 0 aliphatic carbocycles. The topological polar surface area (TPSA) is 112 Å². The molecule has 0 bridgehead atoms. The van der Waals surface area contributed by atoms with Gasteiger partial charge >= 0.3 is 0 Å². The van der Waals surface area contributed by atoms with E-state index in [1.807, 2.05) is 0 Å². The molecule has 0 radical (unpaired) electrons. The number of hydrogen-bond donors (Lipinski definition) is 2. The van der Waals surface area contributed by atoms with Crippen molar-refractivity contribution in [2.45, 2.75) is 19.1 Å². The first-order valence-corrected chi connectivity index (χ1v) is 2.61. The summed E-state index contributed by atoms with van der Waals surface area (Å²) in [6, 6.07) is -1.16. The predicted molar refractivity (Wildman–Crippen MR) is 40.2 cm³/mol. The van der Waals surface area contributed by atoms with E-state index in [9.17, 15) is 4.79 Å². The molecule has 0 aromatic rings. The molecule has 0 aromatic carbocycles. The monoisotopic (exact) mass is 155 g/mol. The summed E-state index contributed by atoms with van der Waals surface area (Å²) in [7, 11) is 0. The van der Waals surface area contributed by atoms with Crippen LogP contribution in [-0.4, -0.2) is 23.2 Å². The molecular formula is C4H14N4O2. The summed E-state index contributed by atoms with van der Waals surface area (Å²) >= 11 is 0. The van der Waals surface area contributed by atoms with Gasteiger partial charge in [0.1, 0.15) is 6.04 Å². The second-order valence-corrected chi connectivity index (χ2v) is 1.79. The summed E-state index contributed by atoms with van der Waals surface area (Å²) < 4.78 is 20.0. The van der Waals surface area contributed by atoms with Crippen LogP contribution in [-0.2, 0) is 4.79 Å². The maximum Gasteiger partial charge on any atom is 0.229 e. The molecule has 0 aliphatic heterocycles. The summed E-state index contributed by atoms with van der Waals surface area (Å²) in [4.78, 5) is 12.7. The van der Waals surface area contributed by atoms with Crippen LogP contribution in [0.1, 0.15) is 14.3 Å². The van der Waals surface area contributed by atoms with Gasteiger partial charge in [0.2, 0.25) is 5.91 Å². The minimum absolute atomic E-state index is 0. The van der Waals surface area contributed by atoms with Crippen molar-refractivity contribution in [2.75, 3.05) is 0 Å². The number of carbonyl (C=O) groups excluding carboxylic acids is 1. The van der Waals surface area contributed by atoms with Crippen molar-refractivity contribution >= 4 is 5.91 Å². The Morgan fingerprint density at radius 1 is 2.10 bits per heavy atom. The first kappa shape index (κ1) is 5.52. The first-order chi connectivity index (χ1) is 6.59. The number of aliphatic hydroxyl groups is 1. The smallest absolute Gasteiger partial charge is 0.229 e. The Balaban J connectivity index is -0.000000107. The number of rotatable bonds is 3. The van der Waals surface area contributed by atoms with Crippen LogP contribution in [0.15, 0.2) is 5.11 Å². The zero-order valence-electron chi connectivity index (χ0n) is 9.43. The molecule has 1 amide bonds. The average molecular weight is 155 g/mol. The highest BCUT2D eigenvalue weighted by Gasteiger charge is 2.18. The van der Waals surface area contributed by atoms with Gasteiger partial charge in [-0.25, -0.2) is 0 Å². The van der Waals surface area contributed by atoms with E-state index in [-0.39, 0.29) is 1.43 Å². The summed E-state index contributed by atoms with van der Waals surface area (Å²) in [6.07, 6.45) is -1.03. The molecule has 0 fully saturated rings. The zero-order chi connectivity index (χ0) is 12.1. The predicted octanol–water partition coefficient (Wildman–Crippen LogP) is 0.269. The third-order valence-corrected chi connectivity index (χ3v) is 0.924. The summed E-state index contributed by atoms with van der Waals surface area (Å²) in [5.74, 6) is -0.826. The van der Waals surface area contributed by atoms with Gasteiger partial charge in [-0.05, 0) is 12.5 Å². The third kappa shape index (κ3) is 2.34. The minimum atomic E-state index is -1.16. The molecule has 62 valence electrons. The Kier molecular flexibility index (Phi) is 2.05. The van der Waals surface area contributed by atoms with E-state index in [1.165, 1.54) is 6.92 Å². The van der Waals surface area contributed by atoms with E-state index in [2.05, 4.69) is 10.0 Å². The van der Waals surface area contributed by atoms with E-state index in [4.69, 9.17) is 22.3 Å². The zero-order valence-corrected chi connectivity index (χ0v) is 5.43. The van der Waals surface area contributed by atoms with Crippen molar-refractivity contribution in [1.82, 2.24) is 0 Å². The van der Waals surface area contributed by atoms with Gasteiger partial charge in [-0.3, -0.25) is 4.79 Å². The normalized spacial score (nSPS) is 16.6. The summed E-state index contributed by atoms with van der Waals surface area (Å²) in [6.45, 7) is 1.32. The molecule has 2 atom stereocenters. The Hall–Kier alpha value is -1.26. The maximum absolute atomic E-state index is 10.3. The van der Waals surface area contributed by atoms with Crippen LogP contribution in [0.25, 0.3) is 10.4 Å². The molecule has 0 spiro atoms. The third-order valence-electron chi connectivity index (χ3n) is 0.924. The van der Waals surface area contributed by atoms with Gasteiger partial charge in [-0.1, -0.05) is 5.11 Å². The fourth-order valence-corrected chi connectivity index (χ4v) is 0.447. The van der Waals surface area contributed by atoms with Gasteiger partial charge in [0.05, 0.1) is 6.10 Å². The van der Waals surface area contributed by atoms with Gasteiger partial charge in [0.15, 0.2) is 0 Å². The number of hydrogen-bond acceptors (Lipinski definition) is 3. The lowest BCUT2D eigenvalue weighted by atomic mass is 10.2. The van der Waals surface area contributed by atoms with Crippen LogP contribution in [0.4, 0.5) is 0 Å². The van der Waals surface area contributed by atoms with E-state index < -0.39 is 18.1 Å². The molecule has 6 nitrogen and oxygen atoms in total. The molecular weight excluding hydrogens is 136 g/mol. The molecule has 10 heavy (non-hydrogen) atoms. The van der Waals surface area contributed by atoms with E-state index in [1.54, 1.807) is 0 Å².